The molecule has 1 aliphatic rings. The van der Waals surface area contributed by atoms with Gasteiger partial charge >= 0.3 is 0 Å². The molecule has 0 amide bonds. The minimum absolute atomic E-state index is 0.241. The van der Waals surface area contributed by atoms with E-state index < -0.39 is 17.9 Å². The molecule has 0 spiro atoms. The number of rotatable bonds is 8. The van der Waals surface area contributed by atoms with Crippen molar-refractivity contribution in [3.63, 3.8) is 0 Å². The third-order valence-corrected chi connectivity index (χ3v) is 9.57. The average Bonchev–Trinajstić information content (AvgIpc) is 3.13. The number of hydrogen-bond acceptors (Lipinski definition) is 6. The molecule has 1 fully saturated rings. The SMILES string of the molecule is C[Si](C)(C)CCOCn1c(-c2ccc(CN3CCS(=O)(=O)CC3)cc2)cc2c(Cl)ncnc21. The van der Waals surface area contributed by atoms with Crippen LogP contribution in [-0.2, 0) is 27.8 Å². The van der Waals surface area contributed by atoms with Gasteiger partial charge < -0.3 is 9.30 Å². The molecule has 0 atom stereocenters. The highest BCUT2D eigenvalue weighted by atomic mass is 35.5. The Kier molecular flexibility index (Phi) is 7.25. The molecule has 0 unspecified atom stereocenters. The molecule has 178 valence electrons. The summed E-state index contributed by atoms with van der Waals surface area (Å²) in [6.07, 6.45) is 1.48. The smallest absolute Gasteiger partial charge is 0.152 e. The van der Waals surface area contributed by atoms with E-state index in [2.05, 4.69) is 63.3 Å². The normalized spacial score (nSPS) is 17.0. The Balaban J connectivity index is 1.53. The highest BCUT2D eigenvalue weighted by molar-refractivity contribution is 7.91. The van der Waals surface area contributed by atoms with Gasteiger partial charge in [0.2, 0.25) is 0 Å². The lowest BCUT2D eigenvalue weighted by atomic mass is 10.1. The number of halogens is 1. The van der Waals surface area contributed by atoms with E-state index in [0.717, 1.165) is 47.0 Å². The van der Waals surface area contributed by atoms with Crippen LogP contribution in [0.3, 0.4) is 0 Å². The van der Waals surface area contributed by atoms with Crippen LogP contribution in [0, 0.1) is 0 Å². The lowest BCUT2D eigenvalue weighted by molar-refractivity contribution is 0.0909. The lowest BCUT2D eigenvalue weighted by Crippen LogP contribution is -2.39. The number of benzene rings is 1. The largest absolute Gasteiger partial charge is 0.361 e. The Hall–Kier alpha value is -1.78. The number of sulfone groups is 1. The van der Waals surface area contributed by atoms with Crippen LogP contribution in [0.5, 0.6) is 0 Å². The quantitative estimate of drug-likeness (QED) is 0.257. The van der Waals surface area contributed by atoms with Crippen molar-refractivity contribution < 1.29 is 13.2 Å². The van der Waals surface area contributed by atoms with Crippen molar-refractivity contribution in [3.05, 3.63) is 47.4 Å². The minimum atomic E-state index is -2.87. The van der Waals surface area contributed by atoms with Crippen molar-refractivity contribution in [1.82, 2.24) is 19.4 Å². The van der Waals surface area contributed by atoms with Gasteiger partial charge in [-0.1, -0.05) is 55.5 Å². The summed E-state index contributed by atoms with van der Waals surface area (Å²) in [5, 5.41) is 1.24. The number of fused-ring (bicyclic) bond motifs is 1. The van der Waals surface area contributed by atoms with Crippen LogP contribution in [-0.4, -0.2) is 67.1 Å². The van der Waals surface area contributed by atoms with Gasteiger partial charge in [-0.15, -0.1) is 0 Å². The molecule has 3 heterocycles. The topological polar surface area (TPSA) is 77.3 Å². The van der Waals surface area contributed by atoms with Crippen LogP contribution in [0.4, 0.5) is 0 Å². The van der Waals surface area contributed by atoms with Crippen LogP contribution in [0.25, 0.3) is 22.3 Å². The third-order valence-electron chi connectivity index (χ3n) is 5.95. The molecular formula is C23H31ClN4O3SSi. The summed E-state index contributed by atoms with van der Waals surface area (Å²) in [5.41, 5.74) is 3.94. The average molecular weight is 507 g/mol. The highest BCUT2D eigenvalue weighted by Crippen LogP contribution is 2.30. The zero-order valence-electron chi connectivity index (χ0n) is 19.4. The number of ether oxygens (including phenoxy) is 1. The molecule has 3 aromatic rings. The molecular weight excluding hydrogens is 476 g/mol. The van der Waals surface area contributed by atoms with Crippen molar-refractivity contribution in [1.29, 1.82) is 0 Å². The maximum atomic E-state index is 11.7. The van der Waals surface area contributed by atoms with E-state index >= 15 is 0 Å². The molecule has 0 saturated carbocycles. The summed E-state index contributed by atoms with van der Waals surface area (Å²) >= 11 is 6.36. The first-order valence-corrected chi connectivity index (χ1v) is 17.1. The maximum absolute atomic E-state index is 11.7. The lowest BCUT2D eigenvalue weighted by Gasteiger charge is -2.26. The second-order valence-corrected chi connectivity index (χ2v) is 18.1. The van der Waals surface area contributed by atoms with Crippen molar-refractivity contribution in [2.24, 2.45) is 0 Å². The van der Waals surface area contributed by atoms with Crippen molar-refractivity contribution in [2.45, 2.75) is 39.0 Å². The molecule has 1 aliphatic heterocycles. The Bertz CT molecular complexity index is 1210. The second-order valence-electron chi connectivity index (χ2n) is 9.83. The van der Waals surface area contributed by atoms with Gasteiger partial charge in [0.25, 0.3) is 0 Å². The van der Waals surface area contributed by atoms with Crippen LogP contribution in [0.2, 0.25) is 30.8 Å². The Morgan fingerprint density at radius 2 is 1.79 bits per heavy atom. The Labute approximate surface area is 201 Å². The summed E-state index contributed by atoms with van der Waals surface area (Å²) in [5.74, 6) is 0.482. The number of hydrogen-bond donors (Lipinski definition) is 0. The fourth-order valence-electron chi connectivity index (χ4n) is 3.89. The molecule has 7 nitrogen and oxygen atoms in total. The standard InChI is InChI=1S/C23H31ClN4O3SSi/c1-33(2,3)13-10-31-17-28-21(14-20-22(24)25-16-26-23(20)28)19-6-4-18(5-7-19)15-27-8-11-32(29,30)12-9-27/h4-7,14,16H,8-13,15,17H2,1-3H3. The summed E-state index contributed by atoms with van der Waals surface area (Å²) < 4.78 is 31.4. The first-order chi connectivity index (χ1) is 15.6. The molecule has 10 heteroatoms. The van der Waals surface area contributed by atoms with E-state index in [-0.39, 0.29) is 11.5 Å². The zero-order chi connectivity index (χ0) is 23.6. The van der Waals surface area contributed by atoms with Crippen LogP contribution in [0.15, 0.2) is 36.7 Å². The Morgan fingerprint density at radius 3 is 2.45 bits per heavy atom. The van der Waals surface area contributed by atoms with Gasteiger partial charge in [0.05, 0.1) is 22.6 Å². The van der Waals surface area contributed by atoms with Crippen molar-refractivity contribution in [3.8, 4) is 11.3 Å². The molecule has 0 radical (unpaired) electrons. The molecule has 0 aliphatic carbocycles. The number of nitrogens with zero attached hydrogens (tertiary/aromatic N) is 4. The Morgan fingerprint density at radius 1 is 1.09 bits per heavy atom. The highest BCUT2D eigenvalue weighted by Gasteiger charge is 2.21. The van der Waals surface area contributed by atoms with Crippen LogP contribution < -0.4 is 0 Å². The van der Waals surface area contributed by atoms with Gasteiger partial charge in [0.15, 0.2) is 9.84 Å². The summed E-state index contributed by atoms with van der Waals surface area (Å²) in [6, 6.07) is 11.5. The van der Waals surface area contributed by atoms with Gasteiger partial charge in [0, 0.05) is 34.3 Å². The van der Waals surface area contributed by atoms with Crippen LogP contribution >= 0.6 is 11.6 Å². The van der Waals surface area contributed by atoms with Gasteiger partial charge in [0.1, 0.15) is 23.9 Å². The minimum Gasteiger partial charge on any atom is -0.361 e. The predicted octanol–water partition coefficient (Wildman–Crippen LogP) is 4.29. The second kappa shape index (κ2) is 9.83. The van der Waals surface area contributed by atoms with Gasteiger partial charge in [-0.05, 0) is 23.2 Å². The number of aromatic nitrogens is 3. The van der Waals surface area contributed by atoms with Gasteiger partial charge in [-0.2, -0.15) is 0 Å². The van der Waals surface area contributed by atoms with Crippen molar-refractivity contribution in [2.75, 3.05) is 31.2 Å². The molecule has 1 aromatic carbocycles. The van der Waals surface area contributed by atoms with Gasteiger partial charge in [-0.25, -0.2) is 18.4 Å². The van der Waals surface area contributed by atoms with Crippen molar-refractivity contribution >= 4 is 40.5 Å². The van der Waals surface area contributed by atoms with E-state index in [1.807, 2.05) is 6.07 Å². The fraction of sp³-hybridized carbons (Fsp3) is 0.478. The first-order valence-electron chi connectivity index (χ1n) is 11.2. The van der Waals surface area contributed by atoms with Gasteiger partial charge in [-0.3, -0.25) is 4.90 Å². The molecule has 0 N–H and O–H groups in total. The van der Waals surface area contributed by atoms with E-state index in [0.29, 0.717) is 25.0 Å². The van der Waals surface area contributed by atoms with E-state index in [9.17, 15) is 8.42 Å². The van der Waals surface area contributed by atoms with E-state index in [1.54, 1.807) is 0 Å². The summed E-state index contributed by atoms with van der Waals surface area (Å²) in [4.78, 5) is 10.8. The molecule has 1 saturated heterocycles. The van der Waals surface area contributed by atoms with E-state index in [4.69, 9.17) is 16.3 Å². The fourth-order valence-corrected chi connectivity index (χ4v) is 6.10. The molecule has 4 rings (SSSR count). The monoisotopic (exact) mass is 506 g/mol. The first kappa shape index (κ1) is 24.3. The predicted molar refractivity (Wildman–Crippen MR) is 136 cm³/mol. The van der Waals surface area contributed by atoms with E-state index in [1.165, 1.54) is 6.33 Å². The summed E-state index contributed by atoms with van der Waals surface area (Å²) in [7, 11) is -4.04. The summed E-state index contributed by atoms with van der Waals surface area (Å²) in [6.45, 7) is 10.1. The van der Waals surface area contributed by atoms with Crippen LogP contribution in [0.1, 0.15) is 5.56 Å². The maximum Gasteiger partial charge on any atom is 0.152 e. The third kappa shape index (κ3) is 6.22. The zero-order valence-corrected chi connectivity index (χ0v) is 22.0. The molecule has 2 aromatic heterocycles. The molecule has 0 bridgehead atoms. The molecule has 33 heavy (non-hydrogen) atoms.